The highest BCUT2D eigenvalue weighted by molar-refractivity contribution is 5.90. The largest absolute Gasteiger partial charge is 0.383 e. The molecule has 0 aliphatic heterocycles. The molecule has 5 aromatic rings. The SMILES string of the molecule is C[C@H](c1nc2ccc(F)cc2cc1-c1cncc(F)c1)n1nc(C#N)c2c(N)ncnc21. The lowest BCUT2D eigenvalue weighted by Crippen LogP contribution is -2.13. The van der Waals surface area contributed by atoms with Crippen molar-refractivity contribution in [1.82, 2.24) is 29.7 Å². The van der Waals surface area contributed by atoms with E-state index in [0.29, 0.717) is 38.8 Å². The molecule has 0 amide bonds. The van der Waals surface area contributed by atoms with E-state index in [4.69, 9.17) is 10.7 Å². The van der Waals surface area contributed by atoms with E-state index in [1.54, 1.807) is 12.1 Å². The first kappa shape index (κ1) is 19.4. The number of nitriles is 1. The van der Waals surface area contributed by atoms with Gasteiger partial charge in [0.1, 0.15) is 29.8 Å². The Hall–Kier alpha value is -4.52. The third-order valence-corrected chi connectivity index (χ3v) is 5.21. The lowest BCUT2D eigenvalue weighted by molar-refractivity contribution is 0.566. The van der Waals surface area contributed by atoms with Gasteiger partial charge in [-0.2, -0.15) is 10.4 Å². The molecule has 1 atom stereocenters. The number of pyridine rings is 2. The molecule has 0 spiro atoms. The Balaban J connectivity index is 1.79. The number of halogens is 2. The van der Waals surface area contributed by atoms with Crippen molar-refractivity contribution in [1.29, 1.82) is 5.26 Å². The fourth-order valence-corrected chi connectivity index (χ4v) is 3.73. The van der Waals surface area contributed by atoms with Crippen LogP contribution in [0.3, 0.4) is 0 Å². The summed E-state index contributed by atoms with van der Waals surface area (Å²) in [6.45, 7) is 1.82. The molecule has 32 heavy (non-hydrogen) atoms. The highest BCUT2D eigenvalue weighted by Crippen LogP contribution is 2.34. The summed E-state index contributed by atoms with van der Waals surface area (Å²) in [6, 6.07) is 8.77. The van der Waals surface area contributed by atoms with Gasteiger partial charge in [-0.15, -0.1) is 0 Å². The minimum absolute atomic E-state index is 0.0850. The van der Waals surface area contributed by atoms with Gasteiger partial charge in [0, 0.05) is 22.7 Å². The zero-order chi connectivity index (χ0) is 22.4. The molecule has 2 N–H and O–H groups in total. The Morgan fingerprint density at radius 3 is 2.72 bits per heavy atom. The van der Waals surface area contributed by atoms with Crippen molar-refractivity contribution in [2.75, 3.05) is 5.73 Å². The molecule has 0 saturated heterocycles. The first-order valence-electron chi connectivity index (χ1n) is 9.56. The smallest absolute Gasteiger partial charge is 0.175 e. The number of nitrogens with zero attached hydrogens (tertiary/aromatic N) is 7. The fraction of sp³-hybridized carbons (Fsp3) is 0.0909. The molecule has 8 nitrogen and oxygen atoms in total. The number of benzene rings is 1. The van der Waals surface area contributed by atoms with Crippen LogP contribution < -0.4 is 5.73 Å². The number of nitrogens with two attached hydrogens (primary N) is 1. The molecule has 0 aliphatic rings. The summed E-state index contributed by atoms with van der Waals surface area (Å²) in [6.07, 6.45) is 3.89. The van der Waals surface area contributed by atoms with Gasteiger partial charge in [0.05, 0.1) is 28.8 Å². The molecular weight excluding hydrogens is 414 g/mol. The van der Waals surface area contributed by atoms with E-state index < -0.39 is 17.7 Å². The van der Waals surface area contributed by atoms with Gasteiger partial charge in [0.15, 0.2) is 11.3 Å². The van der Waals surface area contributed by atoms with Crippen molar-refractivity contribution in [3.63, 3.8) is 0 Å². The Kier molecular flexibility index (Phi) is 4.44. The minimum atomic E-state index is -0.540. The van der Waals surface area contributed by atoms with Crippen molar-refractivity contribution in [2.24, 2.45) is 0 Å². The lowest BCUT2D eigenvalue weighted by Gasteiger charge is -2.18. The van der Waals surface area contributed by atoms with Gasteiger partial charge in [-0.3, -0.25) is 4.98 Å². The molecule has 0 radical (unpaired) electrons. The van der Waals surface area contributed by atoms with Crippen LogP contribution in [0.5, 0.6) is 0 Å². The molecule has 4 heterocycles. The van der Waals surface area contributed by atoms with Crippen molar-refractivity contribution < 1.29 is 8.78 Å². The maximum absolute atomic E-state index is 14.0. The number of hydrogen-bond acceptors (Lipinski definition) is 7. The molecule has 5 rings (SSSR count). The van der Waals surface area contributed by atoms with Gasteiger partial charge in [-0.25, -0.2) is 28.4 Å². The van der Waals surface area contributed by atoms with Crippen LogP contribution >= 0.6 is 0 Å². The summed E-state index contributed by atoms with van der Waals surface area (Å²) in [5, 5.41) is 14.8. The van der Waals surface area contributed by atoms with E-state index in [1.165, 1.54) is 35.4 Å². The molecule has 0 saturated carbocycles. The number of aromatic nitrogens is 6. The fourth-order valence-electron chi connectivity index (χ4n) is 3.73. The second kappa shape index (κ2) is 7.31. The van der Waals surface area contributed by atoms with Crippen LogP contribution in [0.4, 0.5) is 14.6 Å². The maximum atomic E-state index is 14.0. The van der Waals surface area contributed by atoms with Gasteiger partial charge < -0.3 is 5.73 Å². The topological polar surface area (TPSA) is 119 Å². The van der Waals surface area contributed by atoms with Gasteiger partial charge in [-0.05, 0) is 37.3 Å². The number of hydrogen-bond donors (Lipinski definition) is 1. The second-order valence-electron chi connectivity index (χ2n) is 7.19. The lowest BCUT2D eigenvalue weighted by atomic mass is 9.99. The number of rotatable bonds is 3. The predicted octanol–water partition coefficient (Wildman–Crippen LogP) is 3.78. The Labute approximate surface area is 180 Å². The summed E-state index contributed by atoms with van der Waals surface area (Å²) in [5.74, 6) is -0.786. The van der Waals surface area contributed by atoms with Crippen LogP contribution in [0, 0.1) is 23.0 Å². The average molecular weight is 428 g/mol. The second-order valence-corrected chi connectivity index (χ2v) is 7.19. The first-order chi connectivity index (χ1) is 15.5. The van der Waals surface area contributed by atoms with E-state index >= 15 is 0 Å². The van der Waals surface area contributed by atoms with Crippen molar-refractivity contribution >= 4 is 27.8 Å². The Morgan fingerprint density at radius 2 is 1.94 bits per heavy atom. The van der Waals surface area contributed by atoms with Crippen molar-refractivity contribution in [2.45, 2.75) is 13.0 Å². The summed E-state index contributed by atoms with van der Waals surface area (Å²) in [4.78, 5) is 16.9. The quantitative estimate of drug-likeness (QED) is 0.464. The third-order valence-electron chi connectivity index (χ3n) is 5.21. The monoisotopic (exact) mass is 428 g/mol. The van der Waals surface area contributed by atoms with E-state index in [1.807, 2.05) is 13.0 Å². The summed E-state index contributed by atoms with van der Waals surface area (Å²) in [7, 11) is 0. The average Bonchev–Trinajstić information content (AvgIpc) is 3.18. The zero-order valence-electron chi connectivity index (χ0n) is 16.7. The van der Waals surface area contributed by atoms with E-state index in [-0.39, 0.29) is 11.5 Å². The standard InChI is InChI=1S/C22H14F2N8/c1-11(32-22-19(18(7-25)31-32)21(26)28-10-29-22)20-16(13-5-15(24)9-27-8-13)6-12-4-14(23)2-3-17(12)30-20/h2-6,8-11H,1H3,(H2,26,28,29)/t11-/m1/s1. The van der Waals surface area contributed by atoms with Crippen LogP contribution in [0.1, 0.15) is 24.4 Å². The van der Waals surface area contributed by atoms with Gasteiger partial charge in [0.2, 0.25) is 0 Å². The number of fused-ring (bicyclic) bond motifs is 2. The van der Waals surface area contributed by atoms with Crippen LogP contribution in [0.15, 0.2) is 49.1 Å². The summed E-state index contributed by atoms with van der Waals surface area (Å²) in [5.41, 5.74) is 8.49. The zero-order valence-corrected chi connectivity index (χ0v) is 16.7. The van der Waals surface area contributed by atoms with E-state index in [0.717, 1.165) is 6.20 Å². The Bertz CT molecular complexity index is 1550. The predicted molar refractivity (Wildman–Crippen MR) is 113 cm³/mol. The highest BCUT2D eigenvalue weighted by atomic mass is 19.1. The molecule has 0 aliphatic carbocycles. The molecule has 10 heteroatoms. The molecule has 1 aromatic carbocycles. The van der Waals surface area contributed by atoms with Crippen molar-refractivity contribution in [3.05, 3.63) is 72.1 Å². The van der Waals surface area contributed by atoms with Crippen LogP contribution in [0.2, 0.25) is 0 Å². The molecule has 0 fully saturated rings. The normalized spacial score (nSPS) is 12.2. The van der Waals surface area contributed by atoms with Gasteiger partial charge in [-0.1, -0.05) is 0 Å². The summed E-state index contributed by atoms with van der Waals surface area (Å²) < 4.78 is 29.3. The van der Waals surface area contributed by atoms with Crippen LogP contribution in [0.25, 0.3) is 33.1 Å². The third kappa shape index (κ3) is 3.07. The Morgan fingerprint density at radius 1 is 1.09 bits per heavy atom. The molecule has 156 valence electrons. The number of anilines is 1. The van der Waals surface area contributed by atoms with Gasteiger partial charge in [0.25, 0.3) is 0 Å². The van der Waals surface area contributed by atoms with Crippen LogP contribution in [-0.4, -0.2) is 29.7 Å². The molecule has 0 bridgehead atoms. The van der Waals surface area contributed by atoms with Crippen molar-refractivity contribution in [3.8, 4) is 17.2 Å². The molecule has 4 aromatic heterocycles. The molecular formula is C22H14F2N8. The van der Waals surface area contributed by atoms with E-state index in [9.17, 15) is 14.0 Å². The van der Waals surface area contributed by atoms with E-state index in [2.05, 4.69) is 20.1 Å². The number of nitrogen functional groups attached to an aromatic ring is 1. The maximum Gasteiger partial charge on any atom is 0.175 e. The minimum Gasteiger partial charge on any atom is -0.383 e. The highest BCUT2D eigenvalue weighted by Gasteiger charge is 2.24. The van der Waals surface area contributed by atoms with Gasteiger partial charge >= 0.3 is 0 Å². The first-order valence-corrected chi connectivity index (χ1v) is 9.56. The summed E-state index contributed by atoms with van der Waals surface area (Å²) >= 11 is 0. The molecule has 0 unspecified atom stereocenters. The van der Waals surface area contributed by atoms with Crippen LogP contribution in [-0.2, 0) is 0 Å².